The second-order valence-corrected chi connectivity index (χ2v) is 7.63. The van der Waals surface area contributed by atoms with E-state index in [9.17, 15) is 9.59 Å². The molecule has 0 bridgehead atoms. The molecule has 0 unspecified atom stereocenters. The molecular weight excluding hydrogens is 360 g/mol. The van der Waals surface area contributed by atoms with Gasteiger partial charge in [0.15, 0.2) is 5.82 Å². The van der Waals surface area contributed by atoms with Crippen molar-refractivity contribution in [1.82, 2.24) is 19.9 Å². The van der Waals surface area contributed by atoms with E-state index in [0.717, 1.165) is 6.42 Å². The Morgan fingerprint density at radius 2 is 2.00 bits per heavy atom. The van der Waals surface area contributed by atoms with Crippen LogP contribution in [0.5, 0.6) is 0 Å². The van der Waals surface area contributed by atoms with Crippen LogP contribution >= 0.6 is 0 Å². The largest absolute Gasteiger partial charge is 0.396 e. The van der Waals surface area contributed by atoms with Crippen LogP contribution in [0.4, 0.5) is 0 Å². The van der Waals surface area contributed by atoms with Gasteiger partial charge >= 0.3 is 0 Å². The molecule has 2 saturated heterocycles. The zero-order valence-electron chi connectivity index (χ0n) is 15.9. The molecule has 1 aromatic heterocycles. The molecular formula is C20H24N4O4. The summed E-state index contributed by atoms with van der Waals surface area (Å²) in [5.41, 5.74) is 0.0683. The van der Waals surface area contributed by atoms with Gasteiger partial charge in [0.25, 0.3) is 5.91 Å². The monoisotopic (exact) mass is 384 g/mol. The Morgan fingerprint density at radius 1 is 1.25 bits per heavy atom. The minimum atomic E-state index is -0.574. The standard InChI is InChI=1S/C20H24N4O4/c1-14-21-19(28-22-14)20-12-23(18(27)15-5-3-2-4-6-15)9-7-16(20)11-24(13-20)17(26)8-10-25/h2-6,16,25H,7-13H2,1H3/t16-,20-/m0/s1. The van der Waals surface area contributed by atoms with Crippen molar-refractivity contribution < 1.29 is 19.2 Å². The first kappa shape index (κ1) is 18.6. The number of fused-ring (bicyclic) bond motifs is 1. The van der Waals surface area contributed by atoms with Gasteiger partial charge in [-0.25, -0.2) is 0 Å². The van der Waals surface area contributed by atoms with E-state index >= 15 is 0 Å². The van der Waals surface area contributed by atoms with E-state index in [1.165, 1.54) is 0 Å². The summed E-state index contributed by atoms with van der Waals surface area (Å²) in [4.78, 5) is 33.5. The molecule has 1 N–H and O–H groups in total. The number of amides is 2. The summed E-state index contributed by atoms with van der Waals surface area (Å²) < 4.78 is 5.54. The van der Waals surface area contributed by atoms with Gasteiger partial charge in [0.1, 0.15) is 0 Å². The van der Waals surface area contributed by atoms with Crippen LogP contribution in [0.3, 0.4) is 0 Å². The number of carbonyl (C=O) groups is 2. The van der Waals surface area contributed by atoms with Crippen LogP contribution in [0.25, 0.3) is 0 Å². The quantitative estimate of drug-likeness (QED) is 0.844. The van der Waals surface area contributed by atoms with Crippen molar-refractivity contribution in [3.05, 3.63) is 47.6 Å². The van der Waals surface area contributed by atoms with Crippen molar-refractivity contribution in [2.24, 2.45) is 5.92 Å². The number of piperidine rings is 1. The minimum Gasteiger partial charge on any atom is -0.396 e. The number of hydrogen-bond acceptors (Lipinski definition) is 6. The molecule has 3 heterocycles. The number of carbonyl (C=O) groups excluding carboxylic acids is 2. The summed E-state index contributed by atoms with van der Waals surface area (Å²) in [7, 11) is 0. The molecule has 0 saturated carbocycles. The van der Waals surface area contributed by atoms with Crippen molar-refractivity contribution in [2.45, 2.75) is 25.2 Å². The molecule has 8 heteroatoms. The Morgan fingerprint density at radius 3 is 2.68 bits per heavy atom. The third kappa shape index (κ3) is 3.17. The van der Waals surface area contributed by atoms with Crippen LogP contribution in [0.15, 0.2) is 34.9 Å². The summed E-state index contributed by atoms with van der Waals surface area (Å²) in [5, 5.41) is 13.1. The number of rotatable bonds is 4. The van der Waals surface area contributed by atoms with Gasteiger partial charge in [-0.3, -0.25) is 9.59 Å². The van der Waals surface area contributed by atoms with Crippen LogP contribution in [-0.2, 0) is 10.2 Å². The van der Waals surface area contributed by atoms with Crippen molar-refractivity contribution in [3.63, 3.8) is 0 Å². The van der Waals surface area contributed by atoms with E-state index < -0.39 is 5.41 Å². The second-order valence-electron chi connectivity index (χ2n) is 7.63. The van der Waals surface area contributed by atoms with Crippen molar-refractivity contribution in [2.75, 3.05) is 32.8 Å². The van der Waals surface area contributed by atoms with Crippen LogP contribution in [0.1, 0.15) is 34.9 Å². The fourth-order valence-corrected chi connectivity index (χ4v) is 4.44. The minimum absolute atomic E-state index is 0.0326. The lowest BCUT2D eigenvalue weighted by Gasteiger charge is -2.41. The normalized spacial score (nSPS) is 24.3. The van der Waals surface area contributed by atoms with Gasteiger partial charge in [-0.2, -0.15) is 4.98 Å². The van der Waals surface area contributed by atoms with Gasteiger partial charge in [0.2, 0.25) is 11.8 Å². The predicted molar refractivity (Wildman–Crippen MR) is 99.4 cm³/mol. The van der Waals surface area contributed by atoms with Crippen molar-refractivity contribution in [3.8, 4) is 0 Å². The summed E-state index contributed by atoms with van der Waals surface area (Å²) in [5.74, 6) is 1.03. The number of aliphatic hydroxyl groups excluding tert-OH is 1. The van der Waals surface area contributed by atoms with Crippen LogP contribution < -0.4 is 0 Å². The Hall–Kier alpha value is -2.74. The number of hydrogen-bond donors (Lipinski definition) is 1. The van der Waals surface area contributed by atoms with Gasteiger partial charge in [0.05, 0.1) is 12.0 Å². The lowest BCUT2D eigenvalue weighted by atomic mass is 9.73. The highest BCUT2D eigenvalue weighted by Gasteiger charge is 2.56. The second kappa shape index (κ2) is 7.35. The summed E-state index contributed by atoms with van der Waals surface area (Å²) >= 11 is 0. The molecule has 148 valence electrons. The fraction of sp³-hybridized carbons (Fsp3) is 0.500. The van der Waals surface area contributed by atoms with Crippen molar-refractivity contribution >= 4 is 11.8 Å². The maximum absolute atomic E-state index is 13.0. The average Bonchev–Trinajstić information content (AvgIpc) is 3.32. The topological polar surface area (TPSA) is 99.8 Å². The molecule has 4 rings (SSSR count). The van der Waals surface area contributed by atoms with Gasteiger partial charge in [-0.05, 0) is 31.4 Å². The van der Waals surface area contributed by atoms with E-state index in [2.05, 4.69) is 10.1 Å². The number of nitrogens with zero attached hydrogens (tertiary/aromatic N) is 4. The maximum Gasteiger partial charge on any atom is 0.253 e. The van der Waals surface area contributed by atoms with Crippen LogP contribution in [0, 0.1) is 12.8 Å². The predicted octanol–water partition coefficient (Wildman–Crippen LogP) is 1.00. The average molecular weight is 384 g/mol. The van der Waals surface area contributed by atoms with E-state index in [0.29, 0.717) is 43.5 Å². The number of aliphatic hydroxyl groups is 1. The molecule has 2 amide bonds. The first-order chi connectivity index (χ1) is 13.5. The highest BCUT2D eigenvalue weighted by Crippen LogP contribution is 2.44. The molecule has 0 radical (unpaired) electrons. The Labute approximate surface area is 163 Å². The lowest BCUT2D eigenvalue weighted by molar-refractivity contribution is -0.131. The van der Waals surface area contributed by atoms with Crippen LogP contribution in [0.2, 0.25) is 0 Å². The molecule has 2 fully saturated rings. The van der Waals surface area contributed by atoms with E-state index in [4.69, 9.17) is 9.63 Å². The summed E-state index contributed by atoms with van der Waals surface area (Å²) in [6.45, 7) is 3.62. The third-order valence-corrected chi connectivity index (χ3v) is 5.86. The Bertz CT molecular complexity index is 868. The highest BCUT2D eigenvalue weighted by atomic mass is 16.5. The molecule has 28 heavy (non-hydrogen) atoms. The summed E-state index contributed by atoms with van der Waals surface area (Å²) in [6.07, 6.45) is 0.848. The van der Waals surface area contributed by atoms with Crippen molar-refractivity contribution in [1.29, 1.82) is 0 Å². The smallest absolute Gasteiger partial charge is 0.253 e. The van der Waals surface area contributed by atoms with Gasteiger partial charge in [-0.1, -0.05) is 23.4 Å². The Kier molecular flexibility index (Phi) is 4.89. The molecule has 0 spiro atoms. The van der Waals surface area contributed by atoms with Gasteiger partial charge in [-0.15, -0.1) is 0 Å². The zero-order chi connectivity index (χ0) is 19.7. The number of benzene rings is 1. The number of aryl methyl sites for hydroxylation is 1. The molecule has 2 aliphatic rings. The lowest BCUT2D eigenvalue weighted by Crippen LogP contribution is -2.53. The highest BCUT2D eigenvalue weighted by molar-refractivity contribution is 5.94. The first-order valence-corrected chi connectivity index (χ1v) is 9.57. The molecule has 8 nitrogen and oxygen atoms in total. The Balaban J connectivity index is 1.65. The fourth-order valence-electron chi connectivity index (χ4n) is 4.44. The molecule has 2 aromatic rings. The SMILES string of the molecule is Cc1noc([C@@]23CN(C(=O)CCO)C[C@@H]2CCN(C(=O)c2ccccc2)C3)n1. The number of aromatic nitrogens is 2. The number of likely N-dealkylation sites (tertiary alicyclic amines) is 2. The zero-order valence-corrected chi connectivity index (χ0v) is 15.9. The summed E-state index contributed by atoms with van der Waals surface area (Å²) in [6, 6.07) is 9.20. The van der Waals surface area contributed by atoms with E-state index in [1.807, 2.05) is 35.2 Å². The molecule has 1 aromatic carbocycles. The first-order valence-electron chi connectivity index (χ1n) is 9.57. The van der Waals surface area contributed by atoms with E-state index in [-0.39, 0.29) is 30.8 Å². The molecule has 2 aliphatic heterocycles. The third-order valence-electron chi connectivity index (χ3n) is 5.86. The van der Waals surface area contributed by atoms with Crippen LogP contribution in [-0.4, -0.2) is 69.6 Å². The maximum atomic E-state index is 13.0. The van der Waals surface area contributed by atoms with Gasteiger partial charge < -0.3 is 19.4 Å². The van der Waals surface area contributed by atoms with Gasteiger partial charge in [0, 0.05) is 38.2 Å². The molecule has 0 aliphatic carbocycles. The molecule has 2 atom stereocenters. The van der Waals surface area contributed by atoms with E-state index in [1.54, 1.807) is 11.8 Å².